The van der Waals surface area contributed by atoms with Crippen LogP contribution < -0.4 is 9.62 Å². The van der Waals surface area contributed by atoms with Crippen LogP contribution in [-0.2, 0) is 38.6 Å². The fourth-order valence-corrected chi connectivity index (χ4v) is 6.87. The highest BCUT2D eigenvalue weighted by molar-refractivity contribution is 7.81. The summed E-state index contributed by atoms with van der Waals surface area (Å²) in [4.78, 5) is 26.5. The number of hydrogen-bond acceptors (Lipinski definition) is 6. The SMILES string of the molecule is CCOC(=O)C(NCc1ccc(-c2cc(CC(C)C)sc2N(S(=O)O)C(C)(C)C)cc1)(C(C)=O)C(C)C. The summed E-state index contributed by atoms with van der Waals surface area (Å²) in [5, 5.41) is 3.94. The molecule has 0 saturated carbocycles. The van der Waals surface area contributed by atoms with Gasteiger partial charge in [0.25, 0.3) is 11.3 Å². The van der Waals surface area contributed by atoms with Crippen LogP contribution >= 0.6 is 11.3 Å². The van der Waals surface area contributed by atoms with Crippen molar-refractivity contribution in [2.75, 3.05) is 10.9 Å². The minimum Gasteiger partial charge on any atom is -0.464 e. The first-order valence-electron chi connectivity index (χ1n) is 12.7. The predicted octanol–water partition coefficient (Wildman–Crippen LogP) is 5.99. The third kappa shape index (κ3) is 7.28. The molecule has 1 aromatic heterocycles. The summed E-state index contributed by atoms with van der Waals surface area (Å²) in [5.74, 6) is -0.678. The Labute approximate surface area is 228 Å². The molecule has 0 aliphatic rings. The Morgan fingerprint density at radius 2 is 1.73 bits per heavy atom. The van der Waals surface area contributed by atoms with Crippen molar-refractivity contribution in [3.05, 3.63) is 40.8 Å². The summed E-state index contributed by atoms with van der Waals surface area (Å²) in [6.07, 6.45) is 0.881. The van der Waals surface area contributed by atoms with Gasteiger partial charge in [0.05, 0.1) is 6.61 Å². The highest BCUT2D eigenvalue weighted by Gasteiger charge is 2.47. The van der Waals surface area contributed by atoms with Crippen molar-refractivity contribution in [3.63, 3.8) is 0 Å². The molecule has 0 aliphatic carbocycles. The summed E-state index contributed by atoms with van der Waals surface area (Å²) < 4.78 is 29.3. The molecule has 2 unspecified atom stereocenters. The Hall–Kier alpha value is -2.07. The van der Waals surface area contributed by atoms with E-state index in [9.17, 15) is 18.4 Å². The Kier molecular flexibility index (Phi) is 10.7. The number of carbonyl (C=O) groups excluding carboxylic acids is 2. The fourth-order valence-electron chi connectivity index (χ4n) is 4.38. The van der Waals surface area contributed by atoms with Crippen LogP contribution in [-0.4, -0.2) is 38.2 Å². The van der Waals surface area contributed by atoms with Gasteiger partial charge in [-0.05, 0) is 70.1 Å². The highest BCUT2D eigenvalue weighted by Crippen LogP contribution is 2.43. The van der Waals surface area contributed by atoms with Crippen molar-refractivity contribution in [3.8, 4) is 11.1 Å². The third-order valence-corrected chi connectivity index (χ3v) is 8.48. The minimum atomic E-state index is -2.18. The van der Waals surface area contributed by atoms with Crippen LogP contribution in [0.3, 0.4) is 0 Å². The van der Waals surface area contributed by atoms with Crippen LogP contribution in [0.4, 0.5) is 5.00 Å². The van der Waals surface area contributed by atoms with Gasteiger partial charge in [-0.15, -0.1) is 11.3 Å². The second-order valence-corrected chi connectivity index (χ2v) is 13.0. The van der Waals surface area contributed by atoms with E-state index in [0.717, 1.165) is 33.0 Å². The number of nitrogens with zero attached hydrogens (tertiary/aromatic N) is 1. The lowest BCUT2D eigenvalue weighted by Gasteiger charge is -2.34. The minimum absolute atomic E-state index is 0.197. The molecular weight excluding hydrogens is 508 g/mol. The van der Waals surface area contributed by atoms with Gasteiger partial charge in [-0.1, -0.05) is 52.0 Å². The van der Waals surface area contributed by atoms with Crippen molar-refractivity contribution in [1.29, 1.82) is 0 Å². The highest BCUT2D eigenvalue weighted by atomic mass is 32.2. The molecule has 0 fully saturated rings. The van der Waals surface area contributed by atoms with Gasteiger partial charge in [-0.2, -0.15) is 0 Å². The van der Waals surface area contributed by atoms with E-state index in [1.54, 1.807) is 22.6 Å². The number of esters is 1. The van der Waals surface area contributed by atoms with Gasteiger partial charge in [0, 0.05) is 22.5 Å². The van der Waals surface area contributed by atoms with E-state index in [-0.39, 0.29) is 18.3 Å². The summed E-state index contributed by atoms with van der Waals surface area (Å²) in [6, 6.07) is 9.94. The van der Waals surface area contributed by atoms with Gasteiger partial charge >= 0.3 is 5.97 Å². The van der Waals surface area contributed by atoms with Crippen LogP contribution in [0.5, 0.6) is 0 Å². The quantitative estimate of drug-likeness (QED) is 0.191. The maximum absolute atomic E-state index is 12.8. The number of rotatable bonds is 12. The van der Waals surface area contributed by atoms with E-state index < -0.39 is 28.3 Å². The summed E-state index contributed by atoms with van der Waals surface area (Å²) in [7, 11) is 0. The maximum Gasteiger partial charge on any atom is 0.334 e. The molecule has 7 nitrogen and oxygen atoms in total. The second-order valence-electron chi connectivity index (χ2n) is 11.0. The zero-order valence-electron chi connectivity index (χ0n) is 23.5. The number of ether oxygens (including phenoxy) is 1. The fraction of sp³-hybridized carbons (Fsp3) is 0.571. The molecule has 2 atom stereocenters. The number of Topliss-reactive ketones (excluding diaryl/α,β-unsaturated/α-hetero) is 1. The van der Waals surface area contributed by atoms with Crippen LogP contribution in [0.2, 0.25) is 0 Å². The predicted molar refractivity (Wildman–Crippen MR) is 153 cm³/mol. The van der Waals surface area contributed by atoms with Crippen LogP contribution in [0.1, 0.15) is 72.8 Å². The first kappa shape index (κ1) is 31.1. The van der Waals surface area contributed by atoms with Crippen molar-refractivity contribution in [2.24, 2.45) is 11.8 Å². The van der Waals surface area contributed by atoms with E-state index in [4.69, 9.17) is 4.74 Å². The van der Waals surface area contributed by atoms with Gasteiger partial charge in [0.1, 0.15) is 5.00 Å². The molecular formula is C28H42N2O5S2. The Morgan fingerprint density at radius 3 is 2.16 bits per heavy atom. The van der Waals surface area contributed by atoms with E-state index >= 15 is 0 Å². The molecule has 0 aliphatic heterocycles. The lowest BCUT2D eigenvalue weighted by atomic mass is 9.82. The average Bonchev–Trinajstić information content (AvgIpc) is 3.14. The Balaban J connectivity index is 2.43. The van der Waals surface area contributed by atoms with Crippen molar-refractivity contribution in [2.45, 2.75) is 86.4 Å². The zero-order chi connectivity index (χ0) is 28.1. The topological polar surface area (TPSA) is 95.9 Å². The van der Waals surface area contributed by atoms with Gasteiger partial charge in [-0.25, -0.2) is 9.00 Å². The van der Waals surface area contributed by atoms with E-state index in [1.165, 1.54) is 6.92 Å². The number of thiophene rings is 1. The number of benzene rings is 1. The lowest BCUT2D eigenvalue weighted by molar-refractivity contribution is -0.157. The standard InChI is InChI=1S/C28H42N2O5S2/c1-10-35-26(32)28(19(4)5,20(6)31)29-17-21-11-13-22(14-12-21)24-16-23(15-18(2)3)36-25(24)30(37(33)34)27(7,8)9/h11-14,16,18-19,29H,10,15,17H2,1-9H3,(H,33,34). The molecule has 2 N–H and O–H groups in total. The van der Waals surface area contributed by atoms with E-state index in [1.807, 2.05) is 58.9 Å². The molecule has 9 heteroatoms. The van der Waals surface area contributed by atoms with E-state index in [2.05, 4.69) is 25.2 Å². The number of anilines is 1. The second kappa shape index (κ2) is 12.7. The lowest BCUT2D eigenvalue weighted by Crippen LogP contribution is -2.61. The average molecular weight is 551 g/mol. The summed E-state index contributed by atoms with van der Waals surface area (Å²) in [6.45, 7) is 17.3. The Morgan fingerprint density at radius 1 is 1.14 bits per heavy atom. The molecule has 2 aromatic rings. The first-order chi connectivity index (χ1) is 17.1. The van der Waals surface area contributed by atoms with Crippen LogP contribution in [0.15, 0.2) is 30.3 Å². The van der Waals surface area contributed by atoms with Gasteiger partial charge in [0.2, 0.25) is 0 Å². The van der Waals surface area contributed by atoms with Gasteiger partial charge in [-0.3, -0.25) is 19.0 Å². The Bertz CT molecular complexity index is 1100. The van der Waals surface area contributed by atoms with Crippen LogP contribution in [0, 0.1) is 11.8 Å². The van der Waals surface area contributed by atoms with Crippen molar-refractivity contribution >= 4 is 39.4 Å². The molecule has 0 bridgehead atoms. The van der Waals surface area contributed by atoms with E-state index in [0.29, 0.717) is 12.5 Å². The third-order valence-electron chi connectivity index (χ3n) is 6.18. The number of nitrogens with one attached hydrogen (secondary N) is 1. The molecule has 1 heterocycles. The first-order valence-corrected chi connectivity index (χ1v) is 14.6. The van der Waals surface area contributed by atoms with Crippen molar-refractivity contribution < 1.29 is 23.1 Å². The molecule has 0 amide bonds. The molecule has 1 aromatic carbocycles. The molecule has 2 rings (SSSR count). The number of hydrogen-bond donors (Lipinski definition) is 2. The monoisotopic (exact) mass is 550 g/mol. The number of carbonyl (C=O) groups is 2. The van der Waals surface area contributed by atoms with Gasteiger partial charge < -0.3 is 4.74 Å². The summed E-state index contributed by atoms with van der Waals surface area (Å²) >= 11 is -0.632. The van der Waals surface area contributed by atoms with Crippen molar-refractivity contribution in [1.82, 2.24) is 5.32 Å². The normalized spacial score (nSPS) is 14.5. The summed E-state index contributed by atoms with van der Waals surface area (Å²) in [5.41, 5.74) is 0.760. The maximum atomic E-state index is 12.8. The molecule has 0 radical (unpaired) electrons. The molecule has 0 saturated heterocycles. The molecule has 37 heavy (non-hydrogen) atoms. The molecule has 0 spiro atoms. The zero-order valence-corrected chi connectivity index (χ0v) is 25.1. The number of ketones is 1. The molecule has 206 valence electrons. The smallest absolute Gasteiger partial charge is 0.334 e. The van der Waals surface area contributed by atoms with Crippen LogP contribution in [0.25, 0.3) is 11.1 Å². The largest absolute Gasteiger partial charge is 0.464 e. The van der Waals surface area contributed by atoms with Gasteiger partial charge in [0.15, 0.2) is 11.3 Å².